The first-order valence-electron chi connectivity index (χ1n) is 7.98. The summed E-state index contributed by atoms with van der Waals surface area (Å²) in [7, 11) is 0. The lowest BCUT2D eigenvalue weighted by Gasteiger charge is -2.10. The average molecular weight is 363 g/mol. The number of amides is 1. The maximum Gasteiger partial charge on any atom is 0.416 e. The molecule has 0 aliphatic rings. The van der Waals surface area contributed by atoms with Crippen LogP contribution in [0.4, 0.5) is 18.9 Å². The minimum atomic E-state index is -4.42. The fraction of sp³-hybridized carbons (Fsp3) is 0.263. The van der Waals surface area contributed by atoms with Gasteiger partial charge in [-0.1, -0.05) is 23.8 Å². The number of benzene rings is 2. The molecule has 0 bridgehead atoms. The Morgan fingerprint density at radius 1 is 1.12 bits per heavy atom. The van der Waals surface area contributed by atoms with Crippen molar-refractivity contribution >= 4 is 17.3 Å². The summed E-state index contributed by atoms with van der Waals surface area (Å²) >= 11 is 0. The Kier molecular flexibility index (Phi) is 6.02. The van der Waals surface area contributed by atoms with E-state index in [0.29, 0.717) is 5.71 Å². The molecule has 0 aromatic heterocycles. The SMILES string of the molecule is C/C(=N/NC(=O)CNc1cccc(C(F)(F)F)c1)c1cc(C)ccc1C. The monoisotopic (exact) mass is 363 g/mol. The van der Waals surface area contributed by atoms with Gasteiger partial charge in [-0.05, 0) is 50.6 Å². The zero-order valence-corrected chi connectivity index (χ0v) is 14.7. The lowest BCUT2D eigenvalue weighted by molar-refractivity contribution is -0.137. The van der Waals surface area contributed by atoms with Gasteiger partial charge in [-0.2, -0.15) is 18.3 Å². The Balaban J connectivity index is 1.96. The number of aryl methyl sites for hydroxylation is 2. The highest BCUT2D eigenvalue weighted by molar-refractivity contribution is 6.00. The van der Waals surface area contributed by atoms with Crippen LogP contribution in [0.1, 0.15) is 29.2 Å². The van der Waals surface area contributed by atoms with Crippen molar-refractivity contribution in [1.29, 1.82) is 0 Å². The van der Waals surface area contributed by atoms with Crippen LogP contribution in [0.15, 0.2) is 47.6 Å². The Bertz CT molecular complexity index is 829. The molecule has 0 aliphatic heterocycles. The molecule has 2 N–H and O–H groups in total. The largest absolute Gasteiger partial charge is 0.416 e. The van der Waals surface area contributed by atoms with Gasteiger partial charge in [0.25, 0.3) is 5.91 Å². The number of carbonyl (C=O) groups is 1. The number of anilines is 1. The molecule has 0 saturated heterocycles. The maximum atomic E-state index is 12.7. The van der Waals surface area contributed by atoms with Gasteiger partial charge in [0, 0.05) is 11.3 Å². The molecule has 0 fully saturated rings. The Hall–Kier alpha value is -2.83. The second-order valence-electron chi connectivity index (χ2n) is 5.98. The summed E-state index contributed by atoms with van der Waals surface area (Å²) in [5, 5.41) is 6.72. The van der Waals surface area contributed by atoms with E-state index in [0.717, 1.165) is 28.8 Å². The highest BCUT2D eigenvalue weighted by Crippen LogP contribution is 2.30. The molecule has 0 spiro atoms. The minimum Gasteiger partial charge on any atom is -0.376 e. The molecule has 0 atom stereocenters. The van der Waals surface area contributed by atoms with Crippen molar-refractivity contribution in [2.24, 2.45) is 5.10 Å². The minimum absolute atomic E-state index is 0.190. The molecular weight excluding hydrogens is 343 g/mol. The van der Waals surface area contributed by atoms with Gasteiger partial charge in [-0.3, -0.25) is 4.79 Å². The maximum absolute atomic E-state index is 12.7. The van der Waals surface area contributed by atoms with E-state index in [1.807, 2.05) is 32.0 Å². The first-order valence-corrected chi connectivity index (χ1v) is 7.98. The molecule has 26 heavy (non-hydrogen) atoms. The highest BCUT2D eigenvalue weighted by Gasteiger charge is 2.30. The molecule has 0 unspecified atom stereocenters. The first-order chi connectivity index (χ1) is 12.2. The summed E-state index contributed by atoms with van der Waals surface area (Å²) in [6, 6.07) is 10.6. The number of hydrazone groups is 1. The molecule has 0 radical (unpaired) electrons. The molecule has 2 aromatic carbocycles. The van der Waals surface area contributed by atoms with Crippen molar-refractivity contribution in [2.45, 2.75) is 26.9 Å². The van der Waals surface area contributed by atoms with Gasteiger partial charge in [0.15, 0.2) is 0 Å². The molecule has 2 rings (SSSR count). The van der Waals surface area contributed by atoms with Crippen LogP contribution in [-0.2, 0) is 11.0 Å². The van der Waals surface area contributed by atoms with Gasteiger partial charge in [0.1, 0.15) is 0 Å². The second-order valence-corrected chi connectivity index (χ2v) is 5.98. The quantitative estimate of drug-likeness (QED) is 0.616. The number of nitrogens with zero attached hydrogens (tertiary/aromatic N) is 1. The van der Waals surface area contributed by atoms with Gasteiger partial charge in [-0.25, -0.2) is 5.43 Å². The van der Waals surface area contributed by atoms with Crippen LogP contribution in [0.25, 0.3) is 0 Å². The van der Waals surface area contributed by atoms with Crippen LogP contribution in [0.3, 0.4) is 0 Å². The third-order valence-electron chi connectivity index (χ3n) is 3.77. The van der Waals surface area contributed by atoms with Crippen molar-refractivity contribution in [3.63, 3.8) is 0 Å². The predicted octanol–water partition coefficient (Wildman–Crippen LogP) is 4.27. The summed E-state index contributed by atoms with van der Waals surface area (Å²) in [6.07, 6.45) is -4.42. The zero-order valence-electron chi connectivity index (χ0n) is 14.7. The van der Waals surface area contributed by atoms with Crippen molar-refractivity contribution in [1.82, 2.24) is 5.43 Å². The molecule has 4 nitrogen and oxygen atoms in total. The van der Waals surface area contributed by atoms with Crippen LogP contribution >= 0.6 is 0 Å². The third-order valence-corrected chi connectivity index (χ3v) is 3.77. The molecule has 0 heterocycles. The Morgan fingerprint density at radius 2 is 1.85 bits per heavy atom. The highest BCUT2D eigenvalue weighted by atomic mass is 19.4. The fourth-order valence-electron chi connectivity index (χ4n) is 2.36. The molecule has 2 aromatic rings. The second kappa shape index (κ2) is 8.03. The number of nitrogens with one attached hydrogen (secondary N) is 2. The molecule has 7 heteroatoms. The van der Waals surface area contributed by atoms with Gasteiger partial charge in [-0.15, -0.1) is 0 Å². The number of hydrogen-bond acceptors (Lipinski definition) is 3. The van der Waals surface area contributed by atoms with E-state index in [9.17, 15) is 18.0 Å². The van der Waals surface area contributed by atoms with Gasteiger partial charge >= 0.3 is 6.18 Å². The summed E-state index contributed by atoms with van der Waals surface area (Å²) in [4.78, 5) is 11.9. The molecule has 1 amide bonds. The van der Waals surface area contributed by atoms with Crippen LogP contribution < -0.4 is 10.7 Å². The summed E-state index contributed by atoms with van der Waals surface area (Å²) in [5.74, 6) is -0.452. The summed E-state index contributed by atoms with van der Waals surface area (Å²) < 4.78 is 38.0. The molecule has 138 valence electrons. The van der Waals surface area contributed by atoms with E-state index >= 15 is 0 Å². The van der Waals surface area contributed by atoms with Crippen LogP contribution in [-0.4, -0.2) is 18.2 Å². The van der Waals surface area contributed by atoms with Gasteiger partial charge < -0.3 is 5.32 Å². The fourth-order valence-corrected chi connectivity index (χ4v) is 2.36. The van der Waals surface area contributed by atoms with Crippen LogP contribution in [0.2, 0.25) is 0 Å². The summed E-state index contributed by atoms with van der Waals surface area (Å²) in [6.45, 7) is 5.51. The van der Waals surface area contributed by atoms with E-state index in [1.54, 1.807) is 6.92 Å². The number of rotatable bonds is 5. The normalized spacial score (nSPS) is 12.0. The van der Waals surface area contributed by atoms with Crippen molar-refractivity contribution in [3.05, 3.63) is 64.7 Å². The van der Waals surface area contributed by atoms with Crippen molar-refractivity contribution in [3.8, 4) is 0 Å². The van der Waals surface area contributed by atoms with E-state index in [4.69, 9.17) is 0 Å². The average Bonchev–Trinajstić information content (AvgIpc) is 2.59. The number of halogens is 3. The van der Waals surface area contributed by atoms with E-state index in [2.05, 4.69) is 15.8 Å². The van der Waals surface area contributed by atoms with Gasteiger partial charge in [0.2, 0.25) is 0 Å². The first kappa shape index (κ1) is 19.5. The Labute approximate surface area is 150 Å². The van der Waals surface area contributed by atoms with Crippen LogP contribution in [0.5, 0.6) is 0 Å². The van der Waals surface area contributed by atoms with Crippen molar-refractivity contribution in [2.75, 3.05) is 11.9 Å². The number of alkyl halides is 3. The topological polar surface area (TPSA) is 53.5 Å². The third kappa shape index (κ3) is 5.34. The van der Waals surface area contributed by atoms with E-state index in [-0.39, 0.29) is 12.2 Å². The molecule has 0 saturated carbocycles. The molecular formula is C19H20F3N3O. The lowest BCUT2D eigenvalue weighted by atomic mass is 10.0. The van der Waals surface area contributed by atoms with E-state index < -0.39 is 17.6 Å². The van der Waals surface area contributed by atoms with Crippen molar-refractivity contribution < 1.29 is 18.0 Å². The zero-order chi connectivity index (χ0) is 19.3. The number of hydrogen-bond donors (Lipinski definition) is 2. The number of carbonyl (C=O) groups excluding carboxylic acids is 1. The summed E-state index contributed by atoms with van der Waals surface area (Å²) in [5.41, 5.74) is 5.54. The smallest absolute Gasteiger partial charge is 0.376 e. The Morgan fingerprint density at radius 3 is 2.54 bits per heavy atom. The molecule has 0 aliphatic carbocycles. The van der Waals surface area contributed by atoms with E-state index in [1.165, 1.54) is 12.1 Å². The van der Waals surface area contributed by atoms with Crippen LogP contribution in [0, 0.1) is 13.8 Å². The standard InChI is InChI=1S/C19H20F3N3O/c1-12-7-8-13(2)17(9-12)14(3)24-25-18(26)11-23-16-6-4-5-15(10-16)19(20,21)22/h4-10,23H,11H2,1-3H3,(H,25,26)/b24-14-. The van der Waals surface area contributed by atoms with Gasteiger partial charge in [0.05, 0.1) is 17.8 Å². The predicted molar refractivity (Wildman–Crippen MR) is 96.2 cm³/mol. The lowest BCUT2D eigenvalue weighted by Crippen LogP contribution is -2.27.